The summed E-state index contributed by atoms with van der Waals surface area (Å²) < 4.78 is 1.10. The van der Waals surface area contributed by atoms with Crippen LogP contribution >= 0.6 is 15.9 Å². The van der Waals surface area contributed by atoms with E-state index in [9.17, 15) is 0 Å². The van der Waals surface area contributed by atoms with Crippen molar-refractivity contribution in [1.82, 2.24) is 0 Å². The van der Waals surface area contributed by atoms with Gasteiger partial charge in [-0.2, -0.15) is 0 Å². The van der Waals surface area contributed by atoms with Crippen LogP contribution in [0.1, 0.15) is 43.0 Å². The van der Waals surface area contributed by atoms with Crippen molar-refractivity contribution in [3.8, 4) is 0 Å². The molecule has 0 N–H and O–H groups in total. The van der Waals surface area contributed by atoms with Crippen molar-refractivity contribution < 1.29 is 0 Å². The second-order valence-corrected chi connectivity index (χ2v) is 13.3. The van der Waals surface area contributed by atoms with Crippen molar-refractivity contribution >= 4 is 43.2 Å². The lowest BCUT2D eigenvalue weighted by Gasteiger charge is -2.30. The number of rotatable bonds is 6. The van der Waals surface area contributed by atoms with Crippen LogP contribution in [0.4, 0.5) is 5.69 Å². The third-order valence-electron chi connectivity index (χ3n) is 9.32. The molecule has 42 heavy (non-hydrogen) atoms. The lowest BCUT2D eigenvalue weighted by molar-refractivity contribution is 0.571. The summed E-state index contributed by atoms with van der Waals surface area (Å²) in [5, 5.41) is 5.14. The molecule has 0 fully saturated rings. The van der Waals surface area contributed by atoms with Gasteiger partial charge >= 0.3 is 0 Å². The Morgan fingerprint density at radius 1 is 0.881 bits per heavy atom. The molecule has 210 valence electrons. The molecule has 6 rings (SSSR count). The second kappa shape index (κ2) is 10.7. The van der Waals surface area contributed by atoms with Crippen molar-refractivity contribution in [2.24, 2.45) is 0 Å². The van der Waals surface area contributed by atoms with E-state index in [1.807, 2.05) is 0 Å². The quantitative estimate of drug-likeness (QED) is 0.173. The zero-order valence-electron chi connectivity index (χ0n) is 25.2. The smallest absolute Gasteiger partial charge is 0.0454 e. The Balaban J connectivity index is 1.42. The molecule has 2 heteroatoms. The number of allylic oxidation sites excluding steroid dienone is 5. The lowest BCUT2D eigenvalue weighted by atomic mass is 9.73. The molecule has 0 saturated heterocycles. The van der Waals surface area contributed by atoms with E-state index in [2.05, 4.69) is 177 Å². The van der Waals surface area contributed by atoms with Gasteiger partial charge in [-0.05, 0) is 93.9 Å². The summed E-state index contributed by atoms with van der Waals surface area (Å²) in [5.74, 6) is 0. The van der Waals surface area contributed by atoms with Gasteiger partial charge in [-0.1, -0.05) is 127 Å². The molecule has 0 aliphatic carbocycles. The van der Waals surface area contributed by atoms with E-state index in [1.165, 1.54) is 55.2 Å². The van der Waals surface area contributed by atoms with Crippen LogP contribution in [0.2, 0.25) is 0 Å². The first-order chi connectivity index (χ1) is 20.1. The first-order valence-electron chi connectivity index (χ1n) is 14.7. The number of likely N-dealkylation sites (N-methyl/N-ethyl adjacent to an activating group) is 1. The highest BCUT2D eigenvalue weighted by molar-refractivity contribution is 9.10. The molecule has 1 unspecified atom stereocenters. The van der Waals surface area contributed by atoms with E-state index < -0.39 is 0 Å². The zero-order chi connectivity index (χ0) is 29.6. The number of benzene rings is 5. The molecule has 1 aliphatic rings. The van der Waals surface area contributed by atoms with Crippen LogP contribution in [0.25, 0.3) is 21.5 Å². The fourth-order valence-electron chi connectivity index (χ4n) is 7.08. The van der Waals surface area contributed by atoms with Crippen LogP contribution in [-0.2, 0) is 17.3 Å². The van der Waals surface area contributed by atoms with Crippen LogP contribution in [0, 0.1) is 6.92 Å². The minimum absolute atomic E-state index is 0.189. The molecule has 0 radical (unpaired) electrons. The predicted molar refractivity (Wildman–Crippen MR) is 186 cm³/mol. The number of hydrogen-bond donors (Lipinski definition) is 0. The van der Waals surface area contributed by atoms with Gasteiger partial charge in [0.1, 0.15) is 0 Å². The average Bonchev–Trinajstić information content (AvgIpc) is 3.18. The van der Waals surface area contributed by atoms with E-state index in [0.29, 0.717) is 0 Å². The van der Waals surface area contributed by atoms with Gasteiger partial charge in [0, 0.05) is 33.7 Å². The van der Waals surface area contributed by atoms with Crippen LogP contribution in [0.5, 0.6) is 0 Å². The van der Waals surface area contributed by atoms with E-state index in [4.69, 9.17) is 0 Å². The monoisotopic (exact) mass is 611 g/mol. The molecule has 1 atom stereocenters. The van der Waals surface area contributed by atoms with Crippen molar-refractivity contribution in [3.63, 3.8) is 0 Å². The Labute approximate surface area is 259 Å². The zero-order valence-corrected chi connectivity index (χ0v) is 26.8. The Hall–Kier alpha value is -3.88. The van der Waals surface area contributed by atoms with E-state index in [1.54, 1.807) is 0 Å². The summed E-state index contributed by atoms with van der Waals surface area (Å²) in [6.07, 6.45) is 7.66. The van der Waals surface area contributed by atoms with E-state index in [-0.39, 0.29) is 10.8 Å². The fourth-order valence-corrected chi connectivity index (χ4v) is 7.44. The normalized spacial score (nSPS) is 18.0. The van der Waals surface area contributed by atoms with Crippen LogP contribution in [0.15, 0.2) is 138 Å². The Bertz CT molecular complexity index is 1890. The molecule has 1 aliphatic heterocycles. The summed E-state index contributed by atoms with van der Waals surface area (Å²) in [7, 11) is 2.21. The first kappa shape index (κ1) is 28.2. The third kappa shape index (κ3) is 4.72. The Kier molecular flexibility index (Phi) is 7.23. The van der Waals surface area contributed by atoms with E-state index >= 15 is 0 Å². The van der Waals surface area contributed by atoms with Crippen LogP contribution in [-0.4, -0.2) is 7.05 Å². The van der Waals surface area contributed by atoms with Crippen molar-refractivity contribution in [2.45, 2.75) is 44.9 Å². The molecule has 5 aromatic carbocycles. The maximum atomic E-state index is 4.60. The van der Waals surface area contributed by atoms with Crippen molar-refractivity contribution in [3.05, 3.63) is 160 Å². The highest BCUT2D eigenvalue weighted by Gasteiger charge is 2.43. The number of fused-ring (bicyclic) bond motifs is 4. The molecule has 0 spiro atoms. The molecule has 5 aromatic rings. The van der Waals surface area contributed by atoms with Crippen molar-refractivity contribution in [2.75, 3.05) is 11.9 Å². The Morgan fingerprint density at radius 2 is 1.55 bits per heavy atom. The SMILES string of the molecule is C=C(/C=C/C=C1/N(C)c2ccc3ccccc3c2C1(C)Cc1ccccc1)C(C)(C)c1c(C)ccc2ccc(Br)cc12. The summed E-state index contributed by atoms with van der Waals surface area (Å²) in [4.78, 5) is 2.38. The molecule has 1 nitrogen and oxygen atoms in total. The maximum absolute atomic E-state index is 4.60. The molecule has 0 bridgehead atoms. The number of aryl methyl sites for hydroxylation is 1. The largest absolute Gasteiger partial charge is 0.347 e. The summed E-state index contributed by atoms with van der Waals surface area (Å²) >= 11 is 3.69. The van der Waals surface area contributed by atoms with Gasteiger partial charge in [0.15, 0.2) is 0 Å². The van der Waals surface area contributed by atoms with Gasteiger partial charge in [0.2, 0.25) is 0 Å². The maximum Gasteiger partial charge on any atom is 0.0454 e. The predicted octanol–water partition coefficient (Wildman–Crippen LogP) is 11.0. The average molecular weight is 613 g/mol. The molecule has 0 saturated carbocycles. The topological polar surface area (TPSA) is 3.24 Å². The van der Waals surface area contributed by atoms with Gasteiger partial charge in [-0.25, -0.2) is 0 Å². The lowest BCUT2D eigenvalue weighted by Crippen LogP contribution is -2.29. The number of anilines is 1. The second-order valence-electron chi connectivity index (χ2n) is 12.4. The van der Waals surface area contributed by atoms with Gasteiger partial charge in [0.25, 0.3) is 0 Å². The molecular formula is C40H38BrN. The Morgan fingerprint density at radius 3 is 2.33 bits per heavy atom. The van der Waals surface area contributed by atoms with Crippen molar-refractivity contribution in [1.29, 1.82) is 0 Å². The van der Waals surface area contributed by atoms with Crippen LogP contribution < -0.4 is 4.90 Å². The number of hydrogen-bond acceptors (Lipinski definition) is 1. The number of nitrogens with zero attached hydrogens (tertiary/aromatic N) is 1. The summed E-state index contributed by atoms with van der Waals surface area (Å²) in [6, 6.07) is 35.2. The third-order valence-corrected chi connectivity index (χ3v) is 9.81. The fraction of sp³-hybridized carbons (Fsp3) is 0.200. The highest BCUT2D eigenvalue weighted by Crippen LogP contribution is 2.52. The molecule has 0 amide bonds. The van der Waals surface area contributed by atoms with Gasteiger partial charge in [-0.3, -0.25) is 0 Å². The molecule has 1 heterocycles. The highest BCUT2D eigenvalue weighted by atomic mass is 79.9. The molecular weight excluding hydrogens is 574 g/mol. The summed E-state index contributed by atoms with van der Waals surface area (Å²) in [6.45, 7) is 13.8. The van der Waals surface area contributed by atoms with Gasteiger partial charge < -0.3 is 4.90 Å². The first-order valence-corrected chi connectivity index (χ1v) is 15.5. The number of halogens is 1. The minimum Gasteiger partial charge on any atom is -0.347 e. The minimum atomic E-state index is -0.243. The molecule has 0 aromatic heterocycles. The summed E-state index contributed by atoms with van der Waals surface area (Å²) in [5.41, 5.74) is 8.59. The van der Waals surface area contributed by atoms with Gasteiger partial charge in [0.05, 0.1) is 0 Å². The van der Waals surface area contributed by atoms with Gasteiger partial charge in [-0.15, -0.1) is 0 Å². The van der Waals surface area contributed by atoms with Crippen LogP contribution in [0.3, 0.4) is 0 Å². The standard InChI is InChI=1S/C40H38BrN/c1-27-19-20-31-21-23-32(41)25-34(31)37(27)39(3,4)28(2)13-12-18-36-40(5,26-29-14-8-7-9-15-29)38-33-17-11-10-16-30(33)22-24-35(38)42(36)6/h7-25H,2,26H2,1,3-6H3/b13-12+,36-18+. The van der Waals surface area contributed by atoms with E-state index in [0.717, 1.165) is 16.5 Å².